The summed E-state index contributed by atoms with van der Waals surface area (Å²) >= 11 is 0. The Morgan fingerprint density at radius 2 is 1.74 bits per heavy atom. The smallest absolute Gasteiger partial charge is 0.163 e. The molecule has 2 aromatic heterocycles. The molecule has 0 amide bonds. The number of anilines is 1. The standard InChI is InChI=1S/C19H14N8/c1-13-17(12-23-26(13)2)18-7-8-27(25-18)16-5-3-15(4-6-16)24-19(11-22)14(9-20)10-21/h3-8,12,24H,1-2H3. The van der Waals surface area contributed by atoms with Gasteiger partial charge in [-0.15, -0.1) is 0 Å². The van der Waals surface area contributed by atoms with Crippen LogP contribution in [0, 0.1) is 40.9 Å². The predicted molar refractivity (Wildman–Crippen MR) is 98.0 cm³/mol. The van der Waals surface area contributed by atoms with Crippen LogP contribution in [0.2, 0.25) is 0 Å². The lowest BCUT2D eigenvalue weighted by Gasteiger charge is -2.06. The fourth-order valence-corrected chi connectivity index (χ4v) is 2.49. The van der Waals surface area contributed by atoms with E-state index in [1.807, 2.05) is 44.4 Å². The van der Waals surface area contributed by atoms with Crippen LogP contribution < -0.4 is 5.32 Å². The average Bonchev–Trinajstić information content (AvgIpc) is 3.30. The Kier molecular flexibility index (Phi) is 4.70. The zero-order valence-electron chi connectivity index (χ0n) is 14.7. The highest BCUT2D eigenvalue weighted by atomic mass is 15.3. The highest BCUT2D eigenvalue weighted by Gasteiger charge is 2.10. The molecule has 0 saturated heterocycles. The molecule has 0 aliphatic heterocycles. The maximum atomic E-state index is 9.09. The number of nitriles is 3. The summed E-state index contributed by atoms with van der Waals surface area (Å²) in [6, 6.07) is 14.3. The van der Waals surface area contributed by atoms with E-state index in [4.69, 9.17) is 15.8 Å². The van der Waals surface area contributed by atoms with Gasteiger partial charge in [0.25, 0.3) is 0 Å². The number of benzene rings is 1. The Balaban J connectivity index is 1.84. The molecule has 0 aliphatic carbocycles. The van der Waals surface area contributed by atoms with Crippen molar-refractivity contribution in [3.63, 3.8) is 0 Å². The quantitative estimate of drug-likeness (QED) is 0.720. The Labute approximate surface area is 155 Å². The predicted octanol–water partition coefficient (Wildman–Crippen LogP) is 2.82. The zero-order chi connectivity index (χ0) is 19.4. The number of hydrogen-bond donors (Lipinski definition) is 1. The molecule has 2 heterocycles. The lowest BCUT2D eigenvalue weighted by Crippen LogP contribution is -2.01. The number of nitrogens with one attached hydrogen (secondary N) is 1. The van der Waals surface area contributed by atoms with Crippen LogP contribution >= 0.6 is 0 Å². The van der Waals surface area contributed by atoms with Crippen molar-refractivity contribution in [1.29, 1.82) is 15.8 Å². The molecule has 0 unspecified atom stereocenters. The minimum Gasteiger partial charge on any atom is -0.345 e. The number of hydrogen-bond acceptors (Lipinski definition) is 6. The van der Waals surface area contributed by atoms with Gasteiger partial charge in [-0.25, -0.2) is 4.68 Å². The first-order chi connectivity index (χ1) is 13.1. The lowest BCUT2D eigenvalue weighted by atomic mass is 10.2. The summed E-state index contributed by atoms with van der Waals surface area (Å²) in [5.41, 5.74) is 3.90. The van der Waals surface area contributed by atoms with Crippen molar-refractivity contribution in [2.24, 2.45) is 7.05 Å². The molecule has 0 bridgehead atoms. The van der Waals surface area contributed by atoms with Gasteiger partial charge in [-0.3, -0.25) is 4.68 Å². The molecule has 3 aromatic rings. The van der Waals surface area contributed by atoms with Crippen LogP contribution in [-0.4, -0.2) is 19.6 Å². The SMILES string of the molecule is Cc1c(-c2ccn(-c3ccc(NC(C#N)=C(C#N)C#N)cc3)n2)cnn1C. The summed E-state index contributed by atoms with van der Waals surface area (Å²) in [5.74, 6) is 0. The third-order valence-electron chi connectivity index (χ3n) is 4.09. The summed E-state index contributed by atoms with van der Waals surface area (Å²) < 4.78 is 3.54. The molecule has 3 rings (SSSR count). The van der Waals surface area contributed by atoms with Crippen molar-refractivity contribution in [3.8, 4) is 35.2 Å². The van der Waals surface area contributed by atoms with Gasteiger partial charge in [0, 0.05) is 30.2 Å². The molecule has 0 radical (unpaired) electrons. The second-order valence-corrected chi connectivity index (χ2v) is 5.67. The third-order valence-corrected chi connectivity index (χ3v) is 4.09. The van der Waals surface area contributed by atoms with Gasteiger partial charge in [0.15, 0.2) is 5.57 Å². The number of rotatable bonds is 4. The molecule has 0 saturated carbocycles. The van der Waals surface area contributed by atoms with E-state index in [0.29, 0.717) is 5.69 Å². The van der Waals surface area contributed by atoms with E-state index in [1.54, 1.807) is 39.8 Å². The summed E-state index contributed by atoms with van der Waals surface area (Å²) in [7, 11) is 1.88. The summed E-state index contributed by atoms with van der Waals surface area (Å²) in [5, 5.41) is 38.4. The third kappa shape index (κ3) is 3.39. The fourth-order valence-electron chi connectivity index (χ4n) is 2.49. The van der Waals surface area contributed by atoms with E-state index in [0.717, 1.165) is 22.6 Å². The van der Waals surface area contributed by atoms with E-state index in [1.165, 1.54) is 0 Å². The van der Waals surface area contributed by atoms with Gasteiger partial charge in [-0.2, -0.15) is 26.0 Å². The van der Waals surface area contributed by atoms with Gasteiger partial charge >= 0.3 is 0 Å². The molecule has 27 heavy (non-hydrogen) atoms. The normalized spacial score (nSPS) is 9.74. The van der Waals surface area contributed by atoms with Gasteiger partial charge in [-0.1, -0.05) is 0 Å². The van der Waals surface area contributed by atoms with Crippen molar-refractivity contribution >= 4 is 5.69 Å². The largest absolute Gasteiger partial charge is 0.345 e. The lowest BCUT2D eigenvalue weighted by molar-refractivity contribution is 0.740. The van der Waals surface area contributed by atoms with E-state index >= 15 is 0 Å². The first kappa shape index (κ1) is 17.5. The molecule has 0 atom stereocenters. The first-order valence-electron chi connectivity index (χ1n) is 7.94. The molecule has 130 valence electrons. The van der Waals surface area contributed by atoms with Crippen LogP contribution in [-0.2, 0) is 7.05 Å². The van der Waals surface area contributed by atoms with E-state index in [-0.39, 0.29) is 11.3 Å². The minimum atomic E-state index is -0.259. The molecule has 8 nitrogen and oxygen atoms in total. The topological polar surface area (TPSA) is 119 Å². The van der Waals surface area contributed by atoms with Crippen LogP contribution in [0.25, 0.3) is 16.9 Å². The molecular formula is C19H14N8. The summed E-state index contributed by atoms with van der Waals surface area (Å²) in [4.78, 5) is 0. The molecule has 8 heteroatoms. The molecule has 0 fully saturated rings. The Morgan fingerprint density at radius 1 is 1.04 bits per heavy atom. The zero-order valence-corrected chi connectivity index (χ0v) is 14.7. The van der Waals surface area contributed by atoms with Gasteiger partial charge < -0.3 is 5.32 Å². The first-order valence-corrected chi connectivity index (χ1v) is 7.94. The summed E-state index contributed by atoms with van der Waals surface area (Å²) in [6.45, 7) is 1.98. The van der Waals surface area contributed by atoms with E-state index in [9.17, 15) is 0 Å². The highest BCUT2D eigenvalue weighted by molar-refractivity contribution is 5.62. The van der Waals surface area contributed by atoms with E-state index < -0.39 is 0 Å². The summed E-state index contributed by atoms with van der Waals surface area (Å²) in [6.07, 6.45) is 3.64. The van der Waals surface area contributed by atoms with Crippen molar-refractivity contribution in [1.82, 2.24) is 19.6 Å². The van der Waals surface area contributed by atoms with Gasteiger partial charge in [0.1, 0.15) is 23.9 Å². The van der Waals surface area contributed by atoms with Crippen LogP contribution in [0.1, 0.15) is 5.69 Å². The molecule has 1 aromatic carbocycles. The Morgan fingerprint density at radius 3 is 2.30 bits per heavy atom. The van der Waals surface area contributed by atoms with Crippen LogP contribution in [0.3, 0.4) is 0 Å². The van der Waals surface area contributed by atoms with Crippen LogP contribution in [0.4, 0.5) is 5.69 Å². The maximum Gasteiger partial charge on any atom is 0.163 e. The van der Waals surface area contributed by atoms with Crippen molar-refractivity contribution < 1.29 is 0 Å². The van der Waals surface area contributed by atoms with Crippen molar-refractivity contribution in [2.45, 2.75) is 6.92 Å². The monoisotopic (exact) mass is 354 g/mol. The molecular weight excluding hydrogens is 340 g/mol. The van der Waals surface area contributed by atoms with Crippen molar-refractivity contribution in [3.05, 3.63) is 59.7 Å². The Bertz CT molecular complexity index is 1120. The fraction of sp³-hybridized carbons (Fsp3) is 0.105. The van der Waals surface area contributed by atoms with Gasteiger partial charge in [0.2, 0.25) is 0 Å². The number of aromatic nitrogens is 4. The Hall–Kier alpha value is -4.35. The highest BCUT2D eigenvalue weighted by Crippen LogP contribution is 2.22. The van der Waals surface area contributed by atoms with E-state index in [2.05, 4.69) is 15.5 Å². The van der Waals surface area contributed by atoms with Crippen LogP contribution in [0.5, 0.6) is 0 Å². The molecule has 1 N–H and O–H groups in total. The average molecular weight is 354 g/mol. The number of aryl methyl sites for hydroxylation is 1. The second-order valence-electron chi connectivity index (χ2n) is 5.67. The van der Waals surface area contributed by atoms with Crippen LogP contribution in [0.15, 0.2) is 54.0 Å². The second kappa shape index (κ2) is 7.26. The minimum absolute atomic E-state index is 0.0822. The maximum absolute atomic E-state index is 9.09. The van der Waals surface area contributed by atoms with Gasteiger partial charge in [-0.05, 0) is 37.3 Å². The van der Waals surface area contributed by atoms with Gasteiger partial charge in [0.05, 0.1) is 17.6 Å². The number of nitrogens with zero attached hydrogens (tertiary/aromatic N) is 7. The molecule has 0 spiro atoms. The van der Waals surface area contributed by atoms with Crippen molar-refractivity contribution in [2.75, 3.05) is 5.32 Å². The number of allylic oxidation sites excluding steroid dienone is 2. The molecule has 0 aliphatic rings.